The van der Waals surface area contributed by atoms with Crippen molar-refractivity contribution in [1.82, 2.24) is 10.2 Å². The molecule has 2 saturated heterocycles. The Kier molecular flexibility index (Phi) is 4.69. The third-order valence-electron chi connectivity index (χ3n) is 8.55. The van der Waals surface area contributed by atoms with Gasteiger partial charge in [0.2, 0.25) is 5.91 Å². The van der Waals surface area contributed by atoms with Gasteiger partial charge in [-0.25, -0.2) is 4.79 Å². The summed E-state index contributed by atoms with van der Waals surface area (Å²) in [4.78, 5) is 26.4. The van der Waals surface area contributed by atoms with Gasteiger partial charge in [-0.05, 0) is 78.9 Å². The van der Waals surface area contributed by atoms with Crippen molar-refractivity contribution in [3.05, 3.63) is 34.9 Å². The Morgan fingerprint density at radius 1 is 1.13 bits per heavy atom. The second-order valence-corrected chi connectivity index (χ2v) is 11.8. The van der Waals surface area contributed by atoms with E-state index in [2.05, 4.69) is 56.1 Å². The number of aryl methyl sites for hydroxylation is 1. The van der Waals surface area contributed by atoms with E-state index in [1.54, 1.807) is 0 Å². The van der Waals surface area contributed by atoms with Crippen LogP contribution in [0.25, 0.3) is 0 Å². The van der Waals surface area contributed by atoms with Crippen molar-refractivity contribution in [3.63, 3.8) is 0 Å². The molecule has 4 aliphatic rings. The highest BCUT2D eigenvalue weighted by Crippen LogP contribution is 2.57. The highest BCUT2D eigenvalue weighted by molar-refractivity contribution is 5.81. The maximum Gasteiger partial charge on any atom is 0.407 e. The zero-order valence-corrected chi connectivity index (χ0v) is 19.4. The van der Waals surface area contributed by atoms with Gasteiger partial charge in [0.1, 0.15) is 6.61 Å². The molecule has 2 amide bonds. The predicted molar refractivity (Wildman–Crippen MR) is 120 cm³/mol. The van der Waals surface area contributed by atoms with Crippen LogP contribution in [0.1, 0.15) is 81.9 Å². The monoisotopic (exact) mass is 424 g/mol. The Labute approximate surface area is 185 Å². The van der Waals surface area contributed by atoms with E-state index in [0.29, 0.717) is 17.9 Å². The molecule has 4 fully saturated rings. The van der Waals surface area contributed by atoms with E-state index < -0.39 is 0 Å². The lowest BCUT2D eigenvalue weighted by Gasteiger charge is -2.54. The lowest BCUT2D eigenvalue weighted by Crippen LogP contribution is -2.59. The van der Waals surface area contributed by atoms with E-state index in [9.17, 15) is 9.59 Å². The number of likely N-dealkylation sites (tertiary alicyclic amines) is 1. The summed E-state index contributed by atoms with van der Waals surface area (Å²) in [7, 11) is 0. The summed E-state index contributed by atoms with van der Waals surface area (Å²) in [5.74, 6) is 1.00. The van der Waals surface area contributed by atoms with E-state index in [0.717, 1.165) is 38.8 Å². The SMILES string of the molecule is Cc1ccc(C(C)(C)C)cc1C1CC2(CCN(C(=O)[C@H]3C[C@]4(COC(=O)N4)C3)CC2)C1. The second-order valence-electron chi connectivity index (χ2n) is 11.8. The van der Waals surface area contributed by atoms with Crippen LogP contribution in [0, 0.1) is 18.3 Å². The van der Waals surface area contributed by atoms with Crippen molar-refractivity contribution in [2.24, 2.45) is 11.3 Å². The fourth-order valence-electron chi connectivity index (χ4n) is 6.39. The molecule has 2 aliphatic heterocycles. The Hall–Kier alpha value is -2.04. The number of carbonyl (C=O) groups excluding carboxylic acids is 2. The van der Waals surface area contributed by atoms with E-state index in [1.165, 1.54) is 29.5 Å². The predicted octanol–water partition coefficient (Wildman–Crippen LogP) is 4.67. The first-order chi connectivity index (χ1) is 14.6. The number of cyclic esters (lactones) is 1. The van der Waals surface area contributed by atoms with Gasteiger partial charge in [0, 0.05) is 19.0 Å². The Morgan fingerprint density at radius 3 is 2.39 bits per heavy atom. The molecular weight excluding hydrogens is 388 g/mol. The van der Waals surface area contributed by atoms with Crippen LogP contribution in [0.2, 0.25) is 0 Å². The van der Waals surface area contributed by atoms with Crippen molar-refractivity contribution in [2.75, 3.05) is 19.7 Å². The molecular formula is C26H36N2O3. The minimum atomic E-state index is -0.339. The molecule has 0 radical (unpaired) electrons. The molecule has 0 bridgehead atoms. The smallest absolute Gasteiger partial charge is 0.407 e. The molecule has 2 saturated carbocycles. The lowest BCUT2D eigenvalue weighted by molar-refractivity contribution is -0.144. The number of hydrogen-bond acceptors (Lipinski definition) is 3. The quantitative estimate of drug-likeness (QED) is 0.751. The first-order valence-electron chi connectivity index (χ1n) is 11.9. The zero-order valence-electron chi connectivity index (χ0n) is 19.4. The van der Waals surface area contributed by atoms with Crippen LogP contribution >= 0.6 is 0 Å². The largest absolute Gasteiger partial charge is 0.447 e. The number of carbonyl (C=O) groups is 2. The molecule has 0 aromatic heterocycles. The average molecular weight is 425 g/mol. The molecule has 168 valence electrons. The van der Waals surface area contributed by atoms with Crippen molar-refractivity contribution in [2.45, 2.75) is 83.1 Å². The van der Waals surface area contributed by atoms with Crippen molar-refractivity contribution in [1.29, 1.82) is 0 Å². The van der Waals surface area contributed by atoms with Crippen LogP contribution in [0.15, 0.2) is 18.2 Å². The summed E-state index contributed by atoms with van der Waals surface area (Å²) in [6, 6.07) is 7.03. The summed E-state index contributed by atoms with van der Waals surface area (Å²) >= 11 is 0. The van der Waals surface area contributed by atoms with E-state index in [4.69, 9.17) is 4.74 Å². The molecule has 0 unspecified atom stereocenters. The van der Waals surface area contributed by atoms with Gasteiger partial charge in [-0.2, -0.15) is 0 Å². The standard InChI is InChI=1S/C26H36N2O3/c1-17-5-6-20(24(2,3)4)11-21(17)18-12-25(13-18)7-9-28(10-8-25)22(29)19-14-26(15-19)16-31-23(30)27-26/h5-6,11,18-19H,7-10,12-16H2,1-4H3,(H,27,30)/t19-,26+. The first-order valence-corrected chi connectivity index (χ1v) is 11.9. The summed E-state index contributed by atoms with van der Waals surface area (Å²) < 4.78 is 5.04. The van der Waals surface area contributed by atoms with Gasteiger partial charge < -0.3 is 15.0 Å². The molecule has 2 spiro atoms. The summed E-state index contributed by atoms with van der Waals surface area (Å²) in [6.07, 6.45) is 5.90. The number of benzene rings is 1. The van der Waals surface area contributed by atoms with Gasteiger partial charge in [-0.1, -0.05) is 39.0 Å². The molecule has 1 aromatic rings. The normalized spacial score (nSPS) is 26.9. The van der Waals surface area contributed by atoms with Crippen LogP contribution < -0.4 is 5.32 Å². The molecule has 5 nitrogen and oxygen atoms in total. The van der Waals surface area contributed by atoms with Gasteiger partial charge in [0.15, 0.2) is 0 Å². The lowest BCUT2D eigenvalue weighted by atomic mass is 9.55. The van der Waals surface area contributed by atoms with Gasteiger partial charge >= 0.3 is 6.09 Å². The van der Waals surface area contributed by atoms with Crippen LogP contribution in [0.4, 0.5) is 4.79 Å². The van der Waals surface area contributed by atoms with Crippen LogP contribution in [0.5, 0.6) is 0 Å². The topological polar surface area (TPSA) is 58.6 Å². The molecule has 31 heavy (non-hydrogen) atoms. The number of amides is 2. The van der Waals surface area contributed by atoms with Crippen LogP contribution in [-0.2, 0) is 14.9 Å². The Balaban J connectivity index is 1.15. The number of rotatable bonds is 2. The third-order valence-corrected chi connectivity index (χ3v) is 8.55. The summed E-state index contributed by atoms with van der Waals surface area (Å²) in [6.45, 7) is 11.3. The fourth-order valence-corrected chi connectivity index (χ4v) is 6.39. The molecule has 1 aromatic carbocycles. The summed E-state index contributed by atoms with van der Waals surface area (Å²) in [5, 5.41) is 2.89. The van der Waals surface area contributed by atoms with Gasteiger partial charge in [0.05, 0.1) is 5.54 Å². The molecule has 1 N–H and O–H groups in total. The van der Waals surface area contributed by atoms with Crippen LogP contribution in [0.3, 0.4) is 0 Å². The van der Waals surface area contributed by atoms with E-state index in [-0.39, 0.29) is 28.9 Å². The van der Waals surface area contributed by atoms with Crippen molar-refractivity contribution < 1.29 is 14.3 Å². The number of hydrogen-bond donors (Lipinski definition) is 1. The molecule has 2 aliphatic carbocycles. The molecule has 0 atom stereocenters. The number of piperidine rings is 1. The van der Waals surface area contributed by atoms with Gasteiger partial charge in [-0.3, -0.25) is 4.79 Å². The summed E-state index contributed by atoms with van der Waals surface area (Å²) in [5.41, 5.74) is 4.73. The highest BCUT2D eigenvalue weighted by Gasteiger charge is 2.54. The number of nitrogens with one attached hydrogen (secondary N) is 1. The minimum Gasteiger partial charge on any atom is -0.447 e. The molecule has 5 rings (SSSR count). The number of alkyl carbamates (subject to hydrolysis) is 1. The van der Waals surface area contributed by atoms with Crippen molar-refractivity contribution >= 4 is 12.0 Å². The van der Waals surface area contributed by atoms with Crippen LogP contribution in [-0.4, -0.2) is 42.1 Å². The zero-order chi connectivity index (χ0) is 22.0. The maximum absolute atomic E-state index is 13.0. The number of ether oxygens (including phenoxy) is 1. The first kappa shape index (κ1) is 20.8. The third kappa shape index (κ3) is 3.64. The van der Waals surface area contributed by atoms with E-state index in [1.807, 2.05) is 0 Å². The van der Waals surface area contributed by atoms with Gasteiger partial charge in [-0.15, -0.1) is 0 Å². The maximum atomic E-state index is 13.0. The average Bonchev–Trinajstić information content (AvgIpc) is 3.06. The van der Waals surface area contributed by atoms with Crippen molar-refractivity contribution in [3.8, 4) is 0 Å². The number of nitrogens with zero attached hydrogens (tertiary/aromatic N) is 1. The molecule has 2 heterocycles. The fraction of sp³-hybridized carbons (Fsp3) is 0.692. The Morgan fingerprint density at radius 2 is 1.81 bits per heavy atom. The molecule has 5 heteroatoms. The highest BCUT2D eigenvalue weighted by atomic mass is 16.6. The minimum absolute atomic E-state index is 0.0491. The second kappa shape index (κ2) is 6.98. The Bertz CT molecular complexity index is 894. The van der Waals surface area contributed by atoms with E-state index >= 15 is 0 Å². The van der Waals surface area contributed by atoms with Gasteiger partial charge in [0.25, 0.3) is 0 Å².